The molecule has 1 N–H and O–H groups in total. The van der Waals surface area contributed by atoms with Crippen LogP contribution in [0.5, 0.6) is 5.75 Å². The van der Waals surface area contributed by atoms with Crippen LogP contribution >= 0.6 is 0 Å². The Kier molecular flexibility index (Phi) is 7.45. The summed E-state index contributed by atoms with van der Waals surface area (Å²) in [4.78, 5) is 23.7. The molecule has 1 aliphatic heterocycles. The molecule has 1 saturated carbocycles. The first-order valence-corrected chi connectivity index (χ1v) is 13.0. The van der Waals surface area contributed by atoms with E-state index in [4.69, 9.17) is 14.8 Å². The molecular formula is C29H32FN5O3. The number of aromatic nitrogens is 2. The first-order valence-electron chi connectivity index (χ1n) is 13.0. The predicted octanol–water partition coefficient (Wildman–Crippen LogP) is 3.82. The molecule has 8 nitrogen and oxygen atoms in total. The van der Waals surface area contributed by atoms with E-state index in [1.54, 1.807) is 30.3 Å². The van der Waals surface area contributed by atoms with Gasteiger partial charge in [-0.05, 0) is 69.6 Å². The summed E-state index contributed by atoms with van der Waals surface area (Å²) < 4.78 is 22.1. The number of piperidine rings is 1. The molecule has 198 valence electrons. The van der Waals surface area contributed by atoms with Crippen LogP contribution in [-0.4, -0.2) is 66.0 Å². The third-order valence-corrected chi connectivity index (χ3v) is 7.35. The lowest BCUT2D eigenvalue weighted by atomic mass is 9.99. The summed E-state index contributed by atoms with van der Waals surface area (Å²) in [6, 6.07) is 13.8. The second-order valence-electron chi connectivity index (χ2n) is 10.1. The van der Waals surface area contributed by atoms with Crippen molar-refractivity contribution in [2.75, 3.05) is 45.3 Å². The summed E-state index contributed by atoms with van der Waals surface area (Å²) in [6.45, 7) is 1.63. The zero-order chi connectivity index (χ0) is 26.8. The van der Waals surface area contributed by atoms with E-state index in [0.29, 0.717) is 40.1 Å². The van der Waals surface area contributed by atoms with E-state index < -0.39 is 5.82 Å². The van der Waals surface area contributed by atoms with Gasteiger partial charge in [0, 0.05) is 30.7 Å². The van der Waals surface area contributed by atoms with Crippen molar-refractivity contribution in [1.29, 1.82) is 5.26 Å². The third-order valence-electron chi connectivity index (χ3n) is 7.35. The van der Waals surface area contributed by atoms with Crippen LogP contribution in [-0.2, 0) is 0 Å². The van der Waals surface area contributed by atoms with Crippen molar-refractivity contribution in [3.05, 3.63) is 64.2 Å². The van der Waals surface area contributed by atoms with Crippen molar-refractivity contribution in [1.82, 2.24) is 14.5 Å². The fourth-order valence-corrected chi connectivity index (χ4v) is 5.09. The number of nitriles is 1. The maximum Gasteiger partial charge on any atom is 0.263 e. The van der Waals surface area contributed by atoms with Crippen molar-refractivity contribution in [2.24, 2.45) is 0 Å². The topological polar surface area (TPSA) is 94.6 Å². The zero-order valence-electron chi connectivity index (χ0n) is 21.7. The van der Waals surface area contributed by atoms with Gasteiger partial charge in [0.2, 0.25) is 5.95 Å². The van der Waals surface area contributed by atoms with Crippen molar-refractivity contribution >= 4 is 5.95 Å². The highest BCUT2D eigenvalue weighted by Crippen LogP contribution is 2.40. The maximum absolute atomic E-state index is 14.7. The van der Waals surface area contributed by atoms with Gasteiger partial charge in [0.05, 0.1) is 23.4 Å². The number of rotatable bonds is 8. The molecule has 2 aliphatic rings. The second kappa shape index (κ2) is 10.9. The van der Waals surface area contributed by atoms with Crippen LogP contribution in [0.1, 0.15) is 37.3 Å². The Morgan fingerprint density at radius 1 is 1.11 bits per heavy atom. The molecule has 0 unspecified atom stereocenters. The third kappa shape index (κ3) is 5.15. The molecule has 5 rings (SSSR count). The van der Waals surface area contributed by atoms with E-state index >= 15 is 0 Å². The molecule has 2 heterocycles. The van der Waals surface area contributed by atoms with Gasteiger partial charge in [-0.25, -0.2) is 9.37 Å². The first kappa shape index (κ1) is 25.9. The molecule has 0 spiro atoms. The Balaban J connectivity index is 1.66. The molecule has 1 saturated heterocycles. The van der Waals surface area contributed by atoms with E-state index in [1.165, 1.54) is 12.1 Å². The number of benzene rings is 2. The average Bonchev–Trinajstić information content (AvgIpc) is 3.77. The van der Waals surface area contributed by atoms with Gasteiger partial charge in [0.25, 0.3) is 5.56 Å². The fourth-order valence-electron chi connectivity index (χ4n) is 5.09. The van der Waals surface area contributed by atoms with Gasteiger partial charge in [0.1, 0.15) is 24.2 Å². The standard InChI is InChI=1S/C29H32FN5O3/c1-33(2)22-11-13-34(14-12-22)29-32-27(20-3-4-21(18-31)25(30)17-20)26(28(37)35(29)23-7-8-23)19-5-9-24(10-6-19)38-16-15-36/h3-6,9-10,17,22-23,36H,7-8,11-16H2,1-2H3. The average molecular weight is 518 g/mol. The van der Waals surface area contributed by atoms with Gasteiger partial charge in [-0.1, -0.05) is 18.2 Å². The lowest BCUT2D eigenvalue weighted by Crippen LogP contribution is -2.44. The predicted molar refractivity (Wildman–Crippen MR) is 144 cm³/mol. The van der Waals surface area contributed by atoms with Crippen molar-refractivity contribution < 1.29 is 14.2 Å². The first-order chi connectivity index (χ1) is 18.4. The molecule has 1 aromatic heterocycles. The maximum atomic E-state index is 14.7. The van der Waals surface area contributed by atoms with Gasteiger partial charge < -0.3 is 19.6 Å². The monoisotopic (exact) mass is 517 g/mol. The Morgan fingerprint density at radius 2 is 1.79 bits per heavy atom. The summed E-state index contributed by atoms with van der Waals surface area (Å²) in [7, 11) is 4.18. The molecule has 38 heavy (non-hydrogen) atoms. The van der Waals surface area contributed by atoms with Crippen LogP contribution in [0.15, 0.2) is 47.3 Å². The van der Waals surface area contributed by atoms with Gasteiger partial charge in [-0.2, -0.15) is 5.26 Å². The summed E-state index contributed by atoms with van der Waals surface area (Å²) in [5.41, 5.74) is 1.66. The number of ether oxygens (including phenoxy) is 1. The van der Waals surface area contributed by atoms with Gasteiger partial charge >= 0.3 is 0 Å². The number of halogens is 1. The van der Waals surface area contributed by atoms with E-state index in [2.05, 4.69) is 23.9 Å². The number of aliphatic hydroxyl groups excluding tert-OH is 1. The summed E-state index contributed by atoms with van der Waals surface area (Å²) in [5.74, 6) is 0.552. The van der Waals surface area contributed by atoms with Crippen LogP contribution in [0.2, 0.25) is 0 Å². The lowest BCUT2D eigenvalue weighted by Gasteiger charge is -2.37. The smallest absolute Gasteiger partial charge is 0.263 e. The molecule has 3 aromatic rings. The molecule has 2 aromatic carbocycles. The summed E-state index contributed by atoms with van der Waals surface area (Å²) >= 11 is 0. The molecule has 0 atom stereocenters. The Morgan fingerprint density at radius 3 is 2.37 bits per heavy atom. The van der Waals surface area contributed by atoms with Crippen LogP contribution in [0, 0.1) is 17.1 Å². The minimum Gasteiger partial charge on any atom is -0.491 e. The van der Waals surface area contributed by atoms with Crippen molar-refractivity contribution in [3.63, 3.8) is 0 Å². The van der Waals surface area contributed by atoms with Crippen LogP contribution in [0.4, 0.5) is 10.3 Å². The number of hydrogen-bond acceptors (Lipinski definition) is 7. The number of anilines is 1. The number of nitrogens with zero attached hydrogens (tertiary/aromatic N) is 5. The number of aliphatic hydroxyl groups is 1. The van der Waals surface area contributed by atoms with E-state index in [-0.39, 0.29) is 30.4 Å². The normalized spacial score (nSPS) is 16.1. The van der Waals surface area contributed by atoms with Crippen LogP contribution < -0.4 is 15.2 Å². The molecule has 0 radical (unpaired) electrons. The van der Waals surface area contributed by atoms with Gasteiger partial charge in [-0.3, -0.25) is 9.36 Å². The Hall–Kier alpha value is -3.74. The molecule has 0 bridgehead atoms. The van der Waals surface area contributed by atoms with Crippen LogP contribution in [0.3, 0.4) is 0 Å². The summed E-state index contributed by atoms with van der Waals surface area (Å²) in [5, 5.41) is 18.3. The fraction of sp³-hybridized carbons (Fsp3) is 0.414. The zero-order valence-corrected chi connectivity index (χ0v) is 21.7. The highest BCUT2D eigenvalue weighted by atomic mass is 19.1. The van der Waals surface area contributed by atoms with E-state index in [0.717, 1.165) is 38.8 Å². The SMILES string of the molecule is CN(C)C1CCN(c2nc(-c3ccc(C#N)c(F)c3)c(-c3ccc(OCCO)cc3)c(=O)n2C2CC2)CC1. The summed E-state index contributed by atoms with van der Waals surface area (Å²) in [6.07, 6.45) is 3.76. The molecular weight excluding hydrogens is 485 g/mol. The van der Waals surface area contributed by atoms with E-state index in [1.807, 2.05) is 10.6 Å². The quantitative estimate of drug-likeness (QED) is 0.485. The highest BCUT2D eigenvalue weighted by Gasteiger charge is 2.34. The minimum atomic E-state index is -0.648. The molecule has 1 aliphatic carbocycles. The Labute approximate surface area is 221 Å². The van der Waals surface area contributed by atoms with Gasteiger partial charge in [0.15, 0.2) is 0 Å². The molecule has 9 heteroatoms. The van der Waals surface area contributed by atoms with Gasteiger partial charge in [-0.15, -0.1) is 0 Å². The van der Waals surface area contributed by atoms with Crippen LogP contribution in [0.25, 0.3) is 22.4 Å². The molecule has 2 fully saturated rings. The van der Waals surface area contributed by atoms with Crippen molar-refractivity contribution in [2.45, 2.75) is 37.8 Å². The second-order valence-corrected chi connectivity index (χ2v) is 10.1. The number of hydrogen-bond donors (Lipinski definition) is 1. The minimum absolute atomic E-state index is 0.0574. The Bertz CT molecular complexity index is 1400. The highest BCUT2D eigenvalue weighted by molar-refractivity contribution is 5.81. The van der Waals surface area contributed by atoms with E-state index in [9.17, 15) is 14.4 Å². The largest absolute Gasteiger partial charge is 0.491 e. The molecule has 0 amide bonds. The van der Waals surface area contributed by atoms with Crippen molar-refractivity contribution in [3.8, 4) is 34.2 Å². The lowest BCUT2D eigenvalue weighted by molar-refractivity contribution is 0.201.